The van der Waals surface area contributed by atoms with Gasteiger partial charge in [0, 0.05) is 0 Å². The zero-order valence-corrected chi connectivity index (χ0v) is 14.2. The van der Waals surface area contributed by atoms with Crippen molar-refractivity contribution in [2.24, 2.45) is 0 Å². The molecule has 0 aliphatic carbocycles. The maximum Gasteiger partial charge on any atom is 0.279 e. The summed E-state index contributed by atoms with van der Waals surface area (Å²) in [4.78, 5) is 13.0. The molecule has 3 N–H and O–H groups in total. The summed E-state index contributed by atoms with van der Waals surface area (Å²) in [5.74, 6) is -0.210. The van der Waals surface area contributed by atoms with Gasteiger partial charge in [0.1, 0.15) is 12.6 Å². The average Bonchev–Trinajstić information content (AvgIpc) is 2.51. The minimum absolute atomic E-state index is 0.200. The van der Waals surface area contributed by atoms with Crippen molar-refractivity contribution in [2.75, 3.05) is 25.5 Å². The van der Waals surface area contributed by atoms with Gasteiger partial charge >= 0.3 is 0 Å². The number of carbonyl (C=O) groups is 1. The van der Waals surface area contributed by atoms with E-state index in [-0.39, 0.29) is 12.5 Å². The highest BCUT2D eigenvalue weighted by Gasteiger charge is 2.17. The zero-order chi connectivity index (χ0) is 16.8. The number of hydrogen-bond acceptors (Lipinski definition) is 2. The van der Waals surface area contributed by atoms with Crippen LogP contribution in [0.25, 0.3) is 0 Å². The Morgan fingerprint density at radius 3 is 2.35 bits per heavy atom. The standard InChI is InChI=1S/C17H18Cl2N2O2/c1-21(10-15(22)12-6-3-2-4-7-12)11-16(23)20-17-13(18)8-5-9-14(17)19/h2-9,15,22H,10-11H2,1H3,(H,20,23)/p+1/t15-/m1/s1. The Labute approximate surface area is 145 Å². The number of quaternary nitrogens is 1. The van der Waals surface area contributed by atoms with Crippen LogP contribution in [-0.4, -0.2) is 31.2 Å². The van der Waals surface area contributed by atoms with E-state index < -0.39 is 6.10 Å². The van der Waals surface area contributed by atoms with E-state index in [0.29, 0.717) is 22.3 Å². The summed E-state index contributed by atoms with van der Waals surface area (Å²) in [5.41, 5.74) is 1.25. The van der Waals surface area contributed by atoms with Crippen molar-refractivity contribution in [2.45, 2.75) is 6.10 Å². The number of carbonyl (C=O) groups excluding carboxylic acids is 1. The molecule has 23 heavy (non-hydrogen) atoms. The molecule has 2 aromatic carbocycles. The van der Waals surface area contributed by atoms with Gasteiger partial charge in [-0.15, -0.1) is 0 Å². The molecule has 2 rings (SSSR count). The van der Waals surface area contributed by atoms with Gasteiger partial charge in [-0.25, -0.2) is 0 Å². The summed E-state index contributed by atoms with van der Waals surface area (Å²) in [6.07, 6.45) is -0.618. The lowest BCUT2D eigenvalue weighted by Crippen LogP contribution is -3.10. The number of amides is 1. The van der Waals surface area contributed by atoms with E-state index >= 15 is 0 Å². The molecule has 0 aromatic heterocycles. The number of likely N-dealkylation sites (N-methyl/N-ethyl adjacent to an activating group) is 1. The first-order chi connectivity index (χ1) is 11.0. The molecule has 1 amide bonds. The van der Waals surface area contributed by atoms with Gasteiger partial charge < -0.3 is 15.3 Å². The molecule has 2 atom stereocenters. The first kappa shape index (κ1) is 17.8. The Morgan fingerprint density at radius 2 is 1.74 bits per heavy atom. The van der Waals surface area contributed by atoms with Crippen LogP contribution in [-0.2, 0) is 4.79 Å². The molecule has 0 saturated heterocycles. The van der Waals surface area contributed by atoms with Crippen LogP contribution in [0.3, 0.4) is 0 Å². The van der Waals surface area contributed by atoms with E-state index in [9.17, 15) is 9.90 Å². The zero-order valence-electron chi connectivity index (χ0n) is 12.7. The monoisotopic (exact) mass is 353 g/mol. The number of benzene rings is 2. The fraction of sp³-hybridized carbons (Fsp3) is 0.235. The number of aliphatic hydroxyl groups is 1. The molecule has 2 aromatic rings. The summed E-state index contributed by atoms with van der Waals surface area (Å²) in [6.45, 7) is 0.624. The van der Waals surface area contributed by atoms with Gasteiger partial charge in [0.25, 0.3) is 5.91 Å². The van der Waals surface area contributed by atoms with Gasteiger partial charge in [-0.3, -0.25) is 4.79 Å². The number of anilines is 1. The number of nitrogens with one attached hydrogen (secondary N) is 2. The van der Waals surface area contributed by atoms with Crippen LogP contribution >= 0.6 is 23.2 Å². The second-order valence-corrected chi connectivity index (χ2v) is 6.22. The van der Waals surface area contributed by atoms with E-state index in [1.165, 1.54) is 0 Å². The Morgan fingerprint density at radius 1 is 1.13 bits per heavy atom. The molecule has 0 bridgehead atoms. The fourth-order valence-corrected chi connectivity index (χ4v) is 2.76. The Hall–Kier alpha value is -1.59. The van der Waals surface area contributed by atoms with Gasteiger partial charge in [-0.1, -0.05) is 59.6 Å². The molecular weight excluding hydrogens is 335 g/mol. The van der Waals surface area contributed by atoms with Crippen LogP contribution in [0.1, 0.15) is 11.7 Å². The van der Waals surface area contributed by atoms with Crippen LogP contribution < -0.4 is 10.2 Å². The normalized spacial score (nSPS) is 13.4. The number of para-hydroxylation sites is 1. The van der Waals surface area contributed by atoms with Crippen LogP contribution in [0.4, 0.5) is 5.69 Å². The highest BCUT2D eigenvalue weighted by atomic mass is 35.5. The summed E-state index contributed by atoms with van der Waals surface area (Å²) in [7, 11) is 1.85. The van der Waals surface area contributed by atoms with Gasteiger partial charge in [0.15, 0.2) is 6.54 Å². The third kappa shape index (κ3) is 5.22. The highest BCUT2D eigenvalue weighted by Crippen LogP contribution is 2.29. The second-order valence-electron chi connectivity index (χ2n) is 5.41. The minimum atomic E-state index is -0.618. The molecule has 0 radical (unpaired) electrons. The van der Waals surface area contributed by atoms with E-state index in [2.05, 4.69) is 5.32 Å². The van der Waals surface area contributed by atoms with Crippen LogP contribution in [0.15, 0.2) is 48.5 Å². The molecule has 4 nitrogen and oxygen atoms in total. The van der Waals surface area contributed by atoms with Crippen molar-refractivity contribution in [1.29, 1.82) is 0 Å². The topological polar surface area (TPSA) is 53.8 Å². The smallest absolute Gasteiger partial charge is 0.279 e. The minimum Gasteiger partial charge on any atom is -0.382 e. The van der Waals surface area contributed by atoms with Gasteiger partial charge in [-0.2, -0.15) is 0 Å². The highest BCUT2D eigenvalue weighted by molar-refractivity contribution is 6.39. The molecular formula is C17H19Cl2N2O2+. The predicted molar refractivity (Wildman–Crippen MR) is 93.1 cm³/mol. The first-order valence-corrected chi connectivity index (χ1v) is 8.01. The van der Waals surface area contributed by atoms with Crippen LogP contribution in [0.2, 0.25) is 10.0 Å². The molecule has 122 valence electrons. The van der Waals surface area contributed by atoms with Crippen molar-refractivity contribution in [3.63, 3.8) is 0 Å². The number of halogens is 2. The number of hydrogen-bond donors (Lipinski definition) is 3. The Balaban J connectivity index is 1.90. The van der Waals surface area contributed by atoms with Crippen molar-refractivity contribution in [3.05, 3.63) is 64.1 Å². The lowest BCUT2D eigenvalue weighted by atomic mass is 10.1. The SMILES string of the molecule is C[NH+](CC(=O)Nc1c(Cl)cccc1Cl)C[C@@H](O)c1ccccc1. The fourth-order valence-electron chi connectivity index (χ4n) is 2.27. The molecule has 6 heteroatoms. The van der Waals surface area contributed by atoms with Crippen LogP contribution in [0.5, 0.6) is 0 Å². The van der Waals surface area contributed by atoms with Crippen molar-refractivity contribution >= 4 is 34.8 Å². The lowest BCUT2D eigenvalue weighted by molar-refractivity contribution is -0.875. The third-order valence-electron chi connectivity index (χ3n) is 3.42. The van der Waals surface area contributed by atoms with E-state index in [1.54, 1.807) is 18.2 Å². The van der Waals surface area contributed by atoms with E-state index in [0.717, 1.165) is 10.5 Å². The molecule has 0 aliphatic rings. The number of rotatable bonds is 6. The molecule has 0 saturated carbocycles. The summed E-state index contributed by atoms with van der Waals surface area (Å²) >= 11 is 12.1. The van der Waals surface area contributed by atoms with Gasteiger partial charge in [0.2, 0.25) is 0 Å². The lowest BCUT2D eigenvalue weighted by Gasteiger charge is -2.18. The number of aliphatic hydroxyl groups excluding tert-OH is 1. The largest absolute Gasteiger partial charge is 0.382 e. The summed E-state index contributed by atoms with van der Waals surface area (Å²) < 4.78 is 0. The average molecular weight is 354 g/mol. The third-order valence-corrected chi connectivity index (χ3v) is 4.05. The Kier molecular flexibility index (Phi) is 6.42. The molecule has 0 fully saturated rings. The second kappa shape index (κ2) is 8.31. The van der Waals surface area contributed by atoms with Crippen molar-refractivity contribution in [3.8, 4) is 0 Å². The first-order valence-electron chi connectivity index (χ1n) is 7.25. The molecule has 0 spiro atoms. The maximum absolute atomic E-state index is 12.1. The molecule has 1 unspecified atom stereocenters. The van der Waals surface area contributed by atoms with Crippen molar-refractivity contribution in [1.82, 2.24) is 0 Å². The summed E-state index contributed by atoms with van der Waals surface area (Å²) in [6, 6.07) is 14.4. The maximum atomic E-state index is 12.1. The Bertz CT molecular complexity index is 645. The van der Waals surface area contributed by atoms with E-state index in [1.807, 2.05) is 37.4 Å². The van der Waals surface area contributed by atoms with Crippen LogP contribution in [0, 0.1) is 0 Å². The molecule has 0 aliphatic heterocycles. The molecule has 0 heterocycles. The van der Waals surface area contributed by atoms with Gasteiger partial charge in [-0.05, 0) is 17.7 Å². The predicted octanol–water partition coefficient (Wildman–Crippen LogP) is 2.18. The van der Waals surface area contributed by atoms with Gasteiger partial charge in [0.05, 0.1) is 22.8 Å². The van der Waals surface area contributed by atoms with E-state index in [4.69, 9.17) is 23.2 Å². The van der Waals surface area contributed by atoms with Crippen molar-refractivity contribution < 1.29 is 14.8 Å². The quantitative estimate of drug-likeness (QED) is 0.745. The summed E-state index contributed by atoms with van der Waals surface area (Å²) in [5, 5.41) is 13.7.